The van der Waals surface area contributed by atoms with Crippen molar-refractivity contribution in [1.29, 1.82) is 0 Å². The fourth-order valence-corrected chi connectivity index (χ4v) is 4.29. The second-order valence-corrected chi connectivity index (χ2v) is 6.82. The predicted octanol–water partition coefficient (Wildman–Crippen LogP) is 3.53. The number of fused-ring (bicyclic) bond motifs is 2. The van der Waals surface area contributed by atoms with E-state index in [4.69, 9.17) is 4.74 Å². The summed E-state index contributed by atoms with van der Waals surface area (Å²) in [4.78, 5) is 0. The second-order valence-electron chi connectivity index (χ2n) is 6.82. The summed E-state index contributed by atoms with van der Waals surface area (Å²) in [6.07, 6.45) is 15.0. The lowest BCUT2D eigenvalue weighted by molar-refractivity contribution is 0.0287. The van der Waals surface area contributed by atoms with Crippen LogP contribution in [-0.4, -0.2) is 25.3 Å². The summed E-state index contributed by atoms with van der Waals surface area (Å²) in [6.45, 7) is 4.28. The molecule has 0 radical (unpaired) electrons. The van der Waals surface area contributed by atoms with Crippen LogP contribution in [0.15, 0.2) is 12.2 Å². The van der Waals surface area contributed by atoms with Crippen molar-refractivity contribution in [3.63, 3.8) is 0 Å². The van der Waals surface area contributed by atoms with Crippen LogP contribution < -0.4 is 5.32 Å². The van der Waals surface area contributed by atoms with Crippen molar-refractivity contribution in [3.05, 3.63) is 12.2 Å². The molecule has 2 fully saturated rings. The van der Waals surface area contributed by atoms with Crippen LogP contribution in [0, 0.1) is 17.8 Å². The summed E-state index contributed by atoms with van der Waals surface area (Å²) in [7, 11) is 0. The smallest absolute Gasteiger partial charge is 0.0594 e. The molecular weight excluding hydrogens is 234 g/mol. The summed E-state index contributed by atoms with van der Waals surface area (Å²) < 4.78 is 5.98. The summed E-state index contributed by atoms with van der Waals surface area (Å²) in [5.41, 5.74) is 0. The number of hydrogen-bond donors (Lipinski definition) is 1. The third-order valence-corrected chi connectivity index (χ3v) is 5.45. The zero-order valence-electron chi connectivity index (χ0n) is 12.3. The zero-order chi connectivity index (χ0) is 13.1. The highest BCUT2D eigenvalue weighted by atomic mass is 16.5. The van der Waals surface area contributed by atoms with Crippen molar-refractivity contribution >= 4 is 0 Å². The van der Waals surface area contributed by atoms with Crippen LogP contribution in [0.3, 0.4) is 0 Å². The lowest BCUT2D eigenvalue weighted by Gasteiger charge is -2.27. The molecule has 0 amide bonds. The lowest BCUT2D eigenvalue weighted by atomic mass is 9.87. The zero-order valence-corrected chi connectivity index (χ0v) is 12.3. The maximum absolute atomic E-state index is 5.98. The first-order valence-electron chi connectivity index (χ1n) is 8.36. The van der Waals surface area contributed by atoms with Gasteiger partial charge in [0.15, 0.2) is 0 Å². The molecule has 0 heterocycles. The largest absolute Gasteiger partial charge is 0.377 e. The Hall–Kier alpha value is -0.340. The molecule has 0 aromatic rings. The van der Waals surface area contributed by atoms with Gasteiger partial charge in [-0.15, -0.1) is 0 Å². The van der Waals surface area contributed by atoms with E-state index in [1.54, 1.807) is 0 Å². The average Bonchev–Trinajstić information content (AvgIpc) is 3.07. The Morgan fingerprint density at radius 2 is 2.00 bits per heavy atom. The fourth-order valence-electron chi connectivity index (χ4n) is 4.29. The van der Waals surface area contributed by atoms with Crippen LogP contribution in [0.4, 0.5) is 0 Å². The second kappa shape index (κ2) is 6.41. The molecule has 3 aliphatic carbocycles. The number of ether oxygens (including phenoxy) is 1. The first kappa shape index (κ1) is 13.6. The molecule has 1 N–H and O–H groups in total. The van der Waals surface area contributed by atoms with Crippen LogP contribution in [0.25, 0.3) is 0 Å². The molecule has 19 heavy (non-hydrogen) atoms. The maximum Gasteiger partial charge on any atom is 0.0594 e. The lowest BCUT2D eigenvalue weighted by Crippen LogP contribution is -2.38. The van der Waals surface area contributed by atoms with Gasteiger partial charge in [0, 0.05) is 12.6 Å². The average molecular weight is 263 g/mol. The molecular formula is C17H29NO. The van der Waals surface area contributed by atoms with Crippen LogP contribution in [0.1, 0.15) is 51.9 Å². The van der Waals surface area contributed by atoms with Gasteiger partial charge in [-0.2, -0.15) is 0 Å². The van der Waals surface area contributed by atoms with Crippen molar-refractivity contribution < 1.29 is 4.74 Å². The Bertz CT molecular complexity index is 308. The van der Waals surface area contributed by atoms with Crippen LogP contribution in [0.5, 0.6) is 0 Å². The van der Waals surface area contributed by atoms with Gasteiger partial charge in [0.25, 0.3) is 0 Å². The molecule has 0 spiro atoms. The van der Waals surface area contributed by atoms with Crippen molar-refractivity contribution in [3.8, 4) is 0 Å². The summed E-state index contributed by atoms with van der Waals surface area (Å²) >= 11 is 0. The van der Waals surface area contributed by atoms with E-state index in [0.29, 0.717) is 12.1 Å². The molecule has 4 unspecified atom stereocenters. The molecule has 0 aliphatic heterocycles. The van der Waals surface area contributed by atoms with Gasteiger partial charge < -0.3 is 10.1 Å². The van der Waals surface area contributed by atoms with E-state index >= 15 is 0 Å². The first-order valence-corrected chi connectivity index (χ1v) is 8.36. The van der Waals surface area contributed by atoms with Gasteiger partial charge >= 0.3 is 0 Å². The summed E-state index contributed by atoms with van der Waals surface area (Å²) in [5.74, 6) is 2.61. The quantitative estimate of drug-likeness (QED) is 0.585. The minimum absolute atomic E-state index is 0.552. The third kappa shape index (κ3) is 3.41. The molecule has 2 heteroatoms. The molecule has 0 saturated heterocycles. The van der Waals surface area contributed by atoms with Crippen molar-refractivity contribution in [1.82, 2.24) is 5.32 Å². The van der Waals surface area contributed by atoms with Gasteiger partial charge in [-0.1, -0.05) is 31.4 Å². The van der Waals surface area contributed by atoms with Gasteiger partial charge in [0.05, 0.1) is 12.7 Å². The Balaban J connectivity index is 1.30. The summed E-state index contributed by atoms with van der Waals surface area (Å²) in [5, 5.41) is 3.69. The molecule has 2 bridgehead atoms. The van der Waals surface area contributed by atoms with Gasteiger partial charge in [0.2, 0.25) is 0 Å². The Kier molecular flexibility index (Phi) is 4.60. The summed E-state index contributed by atoms with van der Waals surface area (Å²) in [6, 6.07) is 0.648. The van der Waals surface area contributed by atoms with Gasteiger partial charge in [-0.25, -0.2) is 0 Å². The minimum Gasteiger partial charge on any atom is -0.377 e. The highest BCUT2D eigenvalue weighted by Gasteiger charge is 2.38. The van der Waals surface area contributed by atoms with Crippen molar-refractivity contribution in [2.75, 3.05) is 13.2 Å². The first-order chi connectivity index (χ1) is 9.33. The van der Waals surface area contributed by atoms with E-state index in [0.717, 1.165) is 30.9 Å². The standard InChI is InChI=1S/C17H29NO/c1-13(17-12-14-7-8-15(17)11-14)18-9-10-19-16-5-3-2-4-6-16/h7-8,13-18H,2-6,9-12H2,1H3. The fraction of sp³-hybridized carbons (Fsp3) is 0.882. The molecule has 2 nitrogen and oxygen atoms in total. The molecule has 2 saturated carbocycles. The monoisotopic (exact) mass is 263 g/mol. The van der Waals surface area contributed by atoms with E-state index in [1.807, 2.05) is 0 Å². The van der Waals surface area contributed by atoms with Crippen molar-refractivity contribution in [2.45, 2.75) is 64.0 Å². The Morgan fingerprint density at radius 1 is 1.16 bits per heavy atom. The molecule has 3 rings (SSSR count). The SMILES string of the molecule is CC(NCCOC1CCCCC1)C1CC2C=CC1C2. The van der Waals surface area contributed by atoms with E-state index in [2.05, 4.69) is 24.4 Å². The predicted molar refractivity (Wildman–Crippen MR) is 79.1 cm³/mol. The molecule has 0 aromatic heterocycles. The van der Waals surface area contributed by atoms with Gasteiger partial charge in [-0.3, -0.25) is 0 Å². The number of allylic oxidation sites excluding steroid dienone is 2. The Morgan fingerprint density at radius 3 is 2.68 bits per heavy atom. The van der Waals surface area contributed by atoms with E-state index in [1.165, 1.54) is 44.9 Å². The number of rotatable bonds is 6. The minimum atomic E-state index is 0.552. The van der Waals surface area contributed by atoms with Gasteiger partial charge in [0.1, 0.15) is 0 Å². The molecule has 3 aliphatic rings. The number of nitrogens with one attached hydrogen (secondary N) is 1. The van der Waals surface area contributed by atoms with E-state index in [-0.39, 0.29) is 0 Å². The van der Waals surface area contributed by atoms with E-state index in [9.17, 15) is 0 Å². The van der Waals surface area contributed by atoms with Crippen LogP contribution in [0.2, 0.25) is 0 Å². The molecule has 4 atom stereocenters. The normalized spacial score (nSPS) is 35.9. The molecule has 0 aromatic carbocycles. The maximum atomic E-state index is 5.98. The van der Waals surface area contributed by atoms with Gasteiger partial charge in [-0.05, 0) is 50.4 Å². The van der Waals surface area contributed by atoms with Crippen LogP contribution >= 0.6 is 0 Å². The highest BCUT2D eigenvalue weighted by Crippen LogP contribution is 2.44. The highest BCUT2D eigenvalue weighted by molar-refractivity contribution is 5.11. The van der Waals surface area contributed by atoms with Crippen molar-refractivity contribution in [2.24, 2.45) is 17.8 Å². The topological polar surface area (TPSA) is 21.3 Å². The van der Waals surface area contributed by atoms with Crippen LogP contribution in [-0.2, 0) is 4.74 Å². The Labute approximate surface area is 118 Å². The third-order valence-electron chi connectivity index (χ3n) is 5.45. The molecule has 108 valence electrons. The number of hydrogen-bond acceptors (Lipinski definition) is 2. The van der Waals surface area contributed by atoms with E-state index < -0.39 is 0 Å².